The van der Waals surface area contributed by atoms with Crippen molar-refractivity contribution in [2.45, 2.75) is 26.2 Å². The zero-order valence-electron chi connectivity index (χ0n) is 14.6. The van der Waals surface area contributed by atoms with Crippen LogP contribution in [0.4, 0.5) is 5.69 Å². The van der Waals surface area contributed by atoms with Gasteiger partial charge in [0, 0.05) is 18.8 Å². The fourth-order valence-electron chi connectivity index (χ4n) is 2.79. The van der Waals surface area contributed by atoms with E-state index in [1.807, 2.05) is 16.7 Å². The van der Waals surface area contributed by atoms with Crippen LogP contribution in [0, 0.1) is 0 Å². The topological polar surface area (TPSA) is 61.9 Å². The average Bonchev–Trinajstić information content (AvgIpc) is 2.62. The molecule has 1 aromatic rings. The van der Waals surface area contributed by atoms with Gasteiger partial charge in [-0.15, -0.1) is 0 Å². The number of methoxy groups -OCH3 is 1. The molecule has 24 heavy (non-hydrogen) atoms. The lowest BCUT2D eigenvalue weighted by atomic mass is 10.1. The van der Waals surface area contributed by atoms with Crippen LogP contribution in [0.1, 0.15) is 26.2 Å². The highest BCUT2D eigenvalue weighted by Gasteiger charge is 2.20. The van der Waals surface area contributed by atoms with Gasteiger partial charge >= 0.3 is 0 Å². The molecule has 6 nitrogen and oxygen atoms in total. The number of nitrogens with one attached hydrogen (secondary N) is 1. The highest BCUT2D eigenvalue weighted by molar-refractivity contribution is 5.92. The monoisotopic (exact) mass is 333 g/mol. The molecule has 0 aromatic heterocycles. The fourth-order valence-corrected chi connectivity index (χ4v) is 2.79. The zero-order valence-corrected chi connectivity index (χ0v) is 14.6. The summed E-state index contributed by atoms with van der Waals surface area (Å²) in [4.78, 5) is 28.3. The maximum atomic E-state index is 12.3. The van der Waals surface area contributed by atoms with E-state index in [0.717, 1.165) is 37.4 Å². The van der Waals surface area contributed by atoms with Gasteiger partial charge in [0.1, 0.15) is 5.75 Å². The molecule has 0 unspecified atom stereocenters. The van der Waals surface area contributed by atoms with E-state index in [1.165, 1.54) is 6.42 Å². The lowest BCUT2D eigenvalue weighted by Crippen LogP contribution is -2.44. The number of likely N-dealkylation sites (N-methyl/N-ethyl adjacent to an activating group) is 1. The minimum Gasteiger partial charge on any atom is -0.497 e. The van der Waals surface area contributed by atoms with Crippen molar-refractivity contribution in [3.8, 4) is 5.75 Å². The first-order valence-corrected chi connectivity index (χ1v) is 8.56. The highest BCUT2D eigenvalue weighted by atomic mass is 16.5. The first-order chi connectivity index (χ1) is 11.6. The number of piperidine rings is 1. The number of nitrogens with zero attached hydrogens (tertiary/aromatic N) is 2. The van der Waals surface area contributed by atoms with Crippen LogP contribution in [0.25, 0.3) is 0 Å². The Labute approximate surface area is 143 Å². The molecule has 6 heteroatoms. The Bertz CT molecular complexity index is 539. The molecule has 0 atom stereocenters. The maximum absolute atomic E-state index is 12.3. The lowest BCUT2D eigenvalue weighted by Gasteiger charge is -2.29. The molecule has 1 aliphatic rings. The largest absolute Gasteiger partial charge is 0.497 e. The number of likely N-dealkylation sites (tertiary alicyclic amines) is 1. The molecular weight excluding hydrogens is 306 g/mol. The van der Waals surface area contributed by atoms with Gasteiger partial charge < -0.3 is 15.0 Å². The summed E-state index contributed by atoms with van der Waals surface area (Å²) in [7, 11) is 1.60. The van der Waals surface area contributed by atoms with Crippen molar-refractivity contribution in [3.05, 3.63) is 24.3 Å². The van der Waals surface area contributed by atoms with Gasteiger partial charge in [-0.1, -0.05) is 6.92 Å². The second-order valence-electron chi connectivity index (χ2n) is 6.02. The van der Waals surface area contributed by atoms with Crippen LogP contribution in [0.15, 0.2) is 24.3 Å². The summed E-state index contributed by atoms with van der Waals surface area (Å²) in [5, 5.41) is 2.85. The molecule has 0 spiro atoms. The molecule has 0 bridgehead atoms. The molecule has 1 aromatic carbocycles. The van der Waals surface area contributed by atoms with Crippen LogP contribution in [0.2, 0.25) is 0 Å². The Balaban J connectivity index is 1.81. The summed E-state index contributed by atoms with van der Waals surface area (Å²) in [5.74, 6) is 0.748. The smallest absolute Gasteiger partial charge is 0.238 e. The number of benzene rings is 1. The summed E-state index contributed by atoms with van der Waals surface area (Å²) in [5.41, 5.74) is 0.721. The third-order valence-corrected chi connectivity index (χ3v) is 4.26. The number of anilines is 1. The van der Waals surface area contributed by atoms with Gasteiger partial charge in [0.15, 0.2) is 0 Å². The van der Waals surface area contributed by atoms with Gasteiger partial charge in [-0.2, -0.15) is 0 Å². The summed E-state index contributed by atoms with van der Waals surface area (Å²) in [6, 6.07) is 7.19. The molecule has 1 saturated heterocycles. The Kier molecular flexibility index (Phi) is 7.06. The number of hydrogen-bond donors (Lipinski definition) is 1. The highest BCUT2D eigenvalue weighted by Crippen LogP contribution is 2.15. The molecule has 132 valence electrons. The number of carbonyl (C=O) groups is 2. The quantitative estimate of drug-likeness (QED) is 0.829. The average molecular weight is 333 g/mol. The number of amides is 2. The van der Waals surface area contributed by atoms with E-state index in [-0.39, 0.29) is 18.4 Å². The van der Waals surface area contributed by atoms with Crippen LogP contribution in [-0.2, 0) is 9.59 Å². The van der Waals surface area contributed by atoms with E-state index in [4.69, 9.17) is 4.74 Å². The van der Waals surface area contributed by atoms with Crippen molar-refractivity contribution in [2.75, 3.05) is 45.2 Å². The molecule has 1 aliphatic heterocycles. The summed E-state index contributed by atoms with van der Waals surface area (Å²) in [6.07, 6.45) is 3.36. The number of ether oxygens (including phenoxy) is 1. The van der Waals surface area contributed by atoms with Crippen molar-refractivity contribution < 1.29 is 14.3 Å². The molecule has 1 heterocycles. The van der Waals surface area contributed by atoms with E-state index in [1.54, 1.807) is 31.4 Å². The molecule has 1 N–H and O–H groups in total. The van der Waals surface area contributed by atoms with Crippen molar-refractivity contribution in [1.82, 2.24) is 9.80 Å². The van der Waals surface area contributed by atoms with Gasteiger partial charge in [-0.3, -0.25) is 14.5 Å². The van der Waals surface area contributed by atoms with Gasteiger partial charge in [0.2, 0.25) is 11.8 Å². The molecule has 2 rings (SSSR count). The standard InChI is InChI=1S/C18H27N3O3/c1-3-20(14-18(23)21-11-5-4-6-12-21)13-17(22)19-15-7-9-16(24-2)10-8-15/h7-10H,3-6,11-14H2,1-2H3,(H,19,22). The predicted octanol–water partition coefficient (Wildman–Crippen LogP) is 1.97. The molecule has 0 saturated carbocycles. The normalized spacial score (nSPS) is 14.5. The van der Waals surface area contributed by atoms with Crippen LogP contribution < -0.4 is 10.1 Å². The molecule has 1 fully saturated rings. The third-order valence-electron chi connectivity index (χ3n) is 4.26. The first-order valence-electron chi connectivity index (χ1n) is 8.56. The second-order valence-corrected chi connectivity index (χ2v) is 6.02. The first kappa shape index (κ1) is 18.3. The van der Waals surface area contributed by atoms with Gasteiger partial charge in [-0.05, 0) is 50.1 Å². The summed E-state index contributed by atoms with van der Waals surface area (Å²) < 4.78 is 5.09. The van der Waals surface area contributed by atoms with E-state index >= 15 is 0 Å². The molecule has 2 amide bonds. The number of carbonyl (C=O) groups excluding carboxylic acids is 2. The molecular formula is C18H27N3O3. The summed E-state index contributed by atoms with van der Waals surface area (Å²) in [6.45, 7) is 4.82. The predicted molar refractivity (Wildman–Crippen MR) is 94.2 cm³/mol. The second kappa shape index (κ2) is 9.27. The van der Waals surface area contributed by atoms with E-state index in [0.29, 0.717) is 13.1 Å². The van der Waals surface area contributed by atoms with Crippen molar-refractivity contribution in [2.24, 2.45) is 0 Å². The van der Waals surface area contributed by atoms with Crippen molar-refractivity contribution >= 4 is 17.5 Å². The Morgan fingerprint density at radius 1 is 1.12 bits per heavy atom. The lowest BCUT2D eigenvalue weighted by molar-refractivity contribution is -0.133. The molecule has 0 radical (unpaired) electrons. The number of hydrogen-bond acceptors (Lipinski definition) is 4. The van der Waals surface area contributed by atoms with Crippen LogP contribution in [0.3, 0.4) is 0 Å². The Hall–Kier alpha value is -2.08. The van der Waals surface area contributed by atoms with E-state index < -0.39 is 0 Å². The Morgan fingerprint density at radius 2 is 1.79 bits per heavy atom. The van der Waals surface area contributed by atoms with Gasteiger partial charge in [0.25, 0.3) is 0 Å². The van der Waals surface area contributed by atoms with Crippen molar-refractivity contribution in [3.63, 3.8) is 0 Å². The van der Waals surface area contributed by atoms with Crippen LogP contribution in [-0.4, -0.2) is 61.4 Å². The minimum atomic E-state index is -0.117. The van der Waals surface area contributed by atoms with Gasteiger partial charge in [0.05, 0.1) is 20.2 Å². The van der Waals surface area contributed by atoms with Crippen molar-refractivity contribution in [1.29, 1.82) is 0 Å². The Morgan fingerprint density at radius 3 is 2.38 bits per heavy atom. The fraction of sp³-hybridized carbons (Fsp3) is 0.556. The SMILES string of the molecule is CCN(CC(=O)Nc1ccc(OC)cc1)CC(=O)N1CCCCC1. The maximum Gasteiger partial charge on any atom is 0.238 e. The van der Waals surface area contributed by atoms with Crippen LogP contribution in [0.5, 0.6) is 5.75 Å². The van der Waals surface area contributed by atoms with E-state index in [2.05, 4.69) is 5.32 Å². The minimum absolute atomic E-state index is 0.117. The zero-order chi connectivity index (χ0) is 17.4. The third kappa shape index (κ3) is 5.53. The number of rotatable bonds is 7. The van der Waals surface area contributed by atoms with Crippen LogP contribution >= 0.6 is 0 Å². The summed E-state index contributed by atoms with van der Waals surface area (Å²) >= 11 is 0. The molecule has 0 aliphatic carbocycles. The van der Waals surface area contributed by atoms with E-state index in [9.17, 15) is 9.59 Å². The van der Waals surface area contributed by atoms with Gasteiger partial charge in [-0.25, -0.2) is 0 Å².